The second kappa shape index (κ2) is 4.62. The number of carbonyl (C=O) groups excluding carboxylic acids is 1. The van der Waals surface area contributed by atoms with Gasteiger partial charge in [0.2, 0.25) is 0 Å². The zero-order chi connectivity index (χ0) is 13.1. The van der Waals surface area contributed by atoms with Gasteiger partial charge in [-0.25, -0.2) is 10.1 Å². The third kappa shape index (κ3) is 2.67. The number of hydrogen-bond donors (Lipinski definition) is 3. The van der Waals surface area contributed by atoms with E-state index in [2.05, 4.69) is 25.5 Å². The first-order valence-corrected chi connectivity index (χ1v) is 4.99. The lowest BCUT2D eigenvalue weighted by Gasteiger charge is -2.03. The van der Waals surface area contributed by atoms with Crippen molar-refractivity contribution < 1.29 is 4.79 Å². The third-order valence-corrected chi connectivity index (χ3v) is 2.01. The molecule has 0 spiro atoms. The van der Waals surface area contributed by atoms with Crippen molar-refractivity contribution in [2.24, 2.45) is 0 Å². The zero-order valence-corrected chi connectivity index (χ0v) is 9.35. The van der Waals surface area contributed by atoms with Gasteiger partial charge in [0.1, 0.15) is 17.3 Å². The quantitative estimate of drug-likeness (QED) is 0.655. The molecule has 2 aromatic rings. The van der Waals surface area contributed by atoms with Gasteiger partial charge in [-0.2, -0.15) is 5.10 Å². The van der Waals surface area contributed by atoms with Gasteiger partial charge in [-0.1, -0.05) is 0 Å². The molecule has 0 aliphatic rings. The van der Waals surface area contributed by atoms with Crippen molar-refractivity contribution in [3.05, 3.63) is 50.4 Å². The van der Waals surface area contributed by atoms with E-state index in [1.807, 2.05) is 0 Å². The number of nitrogens with zero attached hydrogens (tertiary/aromatic N) is 2. The molecule has 0 aliphatic carbocycles. The fourth-order valence-corrected chi connectivity index (χ4v) is 1.29. The summed E-state index contributed by atoms with van der Waals surface area (Å²) in [6.45, 7) is 1.59. The Hall–Kier alpha value is -2.77. The summed E-state index contributed by atoms with van der Waals surface area (Å²) in [7, 11) is 0. The average Bonchev–Trinajstić information content (AvgIpc) is 2.28. The molecular formula is C10H9N5O3. The van der Waals surface area contributed by atoms with Crippen molar-refractivity contribution in [3.8, 4) is 0 Å². The van der Waals surface area contributed by atoms with Crippen LogP contribution in [0, 0.1) is 6.92 Å². The van der Waals surface area contributed by atoms with Gasteiger partial charge in [0, 0.05) is 12.1 Å². The highest BCUT2D eigenvalue weighted by atomic mass is 16.2. The van der Waals surface area contributed by atoms with Crippen LogP contribution in [0.2, 0.25) is 0 Å². The Balaban J connectivity index is 2.23. The van der Waals surface area contributed by atoms with Crippen LogP contribution in [0.25, 0.3) is 0 Å². The Morgan fingerprint density at radius 3 is 2.67 bits per heavy atom. The molecule has 0 saturated carbocycles. The SMILES string of the molecule is Cc1nc(NC(=O)c2ccc(=O)[nH]n2)cc(=O)[nH]1. The van der Waals surface area contributed by atoms with Crippen LogP contribution in [0.5, 0.6) is 0 Å². The fraction of sp³-hybridized carbons (Fsp3) is 0.100. The van der Waals surface area contributed by atoms with Crippen molar-refractivity contribution in [3.63, 3.8) is 0 Å². The number of H-pyrrole nitrogens is 2. The summed E-state index contributed by atoms with van der Waals surface area (Å²) in [6, 6.07) is 3.60. The van der Waals surface area contributed by atoms with Crippen molar-refractivity contribution in [1.29, 1.82) is 0 Å². The smallest absolute Gasteiger partial charge is 0.277 e. The van der Waals surface area contributed by atoms with E-state index in [-0.39, 0.29) is 17.1 Å². The van der Waals surface area contributed by atoms with Gasteiger partial charge in [0.25, 0.3) is 17.0 Å². The number of aryl methyl sites for hydroxylation is 1. The number of aromatic nitrogens is 4. The molecule has 0 radical (unpaired) electrons. The fourth-order valence-electron chi connectivity index (χ4n) is 1.29. The summed E-state index contributed by atoms with van der Waals surface area (Å²) in [5, 5.41) is 8.10. The summed E-state index contributed by atoms with van der Waals surface area (Å²) < 4.78 is 0. The van der Waals surface area contributed by atoms with E-state index in [4.69, 9.17) is 0 Å². The van der Waals surface area contributed by atoms with E-state index >= 15 is 0 Å². The van der Waals surface area contributed by atoms with Crippen LogP contribution < -0.4 is 16.4 Å². The summed E-state index contributed by atoms with van der Waals surface area (Å²) >= 11 is 0. The second-order valence-corrected chi connectivity index (χ2v) is 3.48. The Morgan fingerprint density at radius 2 is 2.06 bits per heavy atom. The molecule has 0 fully saturated rings. The summed E-state index contributed by atoms with van der Waals surface area (Å²) in [6.07, 6.45) is 0. The lowest BCUT2D eigenvalue weighted by Crippen LogP contribution is -2.20. The summed E-state index contributed by atoms with van der Waals surface area (Å²) in [5.74, 6) is -0.0646. The van der Waals surface area contributed by atoms with Crippen molar-refractivity contribution in [2.45, 2.75) is 6.92 Å². The predicted octanol–water partition coefficient (Wildman–Crippen LogP) is -0.586. The predicted molar refractivity (Wildman–Crippen MR) is 62.4 cm³/mol. The largest absolute Gasteiger partial charge is 0.311 e. The highest BCUT2D eigenvalue weighted by Crippen LogP contribution is 2.00. The second-order valence-electron chi connectivity index (χ2n) is 3.48. The lowest BCUT2D eigenvalue weighted by molar-refractivity contribution is 0.102. The maximum absolute atomic E-state index is 11.7. The number of carbonyl (C=O) groups is 1. The topological polar surface area (TPSA) is 121 Å². The Labute approximate surface area is 100 Å². The molecular weight excluding hydrogens is 238 g/mol. The molecule has 8 heteroatoms. The van der Waals surface area contributed by atoms with E-state index in [9.17, 15) is 14.4 Å². The number of aromatic amines is 2. The summed E-state index contributed by atoms with van der Waals surface area (Å²) in [5.41, 5.74) is -0.752. The van der Waals surface area contributed by atoms with Crippen molar-refractivity contribution in [1.82, 2.24) is 20.2 Å². The molecule has 0 atom stereocenters. The standard InChI is InChI=1S/C10H9N5O3/c1-5-11-7(4-9(17)12-5)13-10(18)6-2-3-8(16)15-14-6/h2-4H,1H3,(H,15,16)(H2,11,12,13,17,18). The molecule has 18 heavy (non-hydrogen) atoms. The van der Waals surface area contributed by atoms with Crippen LogP contribution in [0.15, 0.2) is 27.8 Å². The molecule has 0 bridgehead atoms. The number of hydrogen-bond acceptors (Lipinski definition) is 5. The van der Waals surface area contributed by atoms with Crippen LogP contribution in [0.1, 0.15) is 16.3 Å². The van der Waals surface area contributed by atoms with E-state index in [1.165, 1.54) is 12.1 Å². The molecule has 1 amide bonds. The number of anilines is 1. The average molecular weight is 247 g/mol. The maximum atomic E-state index is 11.7. The number of amides is 1. The summed E-state index contributed by atoms with van der Waals surface area (Å²) in [4.78, 5) is 40.0. The molecule has 0 saturated heterocycles. The molecule has 8 nitrogen and oxygen atoms in total. The molecule has 3 N–H and O–H groups in total. The van der Waals surface area contributed by atoms with Gasteiger partial charge >= 0.3 is 0 Å². The minimum absolute atomic E-state index is 0.0225. The normalized spacial score (nSPS) is 10.1. The zero-order valence-electron chi connectivity index (χ0n) is 9.35. The number of rotatable bonds is 2. The van der Waals surface area contributed by atoms with Gasteiger partial charge in [-0.05, 0) is 13.0 Å². The van der Waals surface area contributed by atoms with Crippen LogP contribution in [-0.4, -0.2) is 26.1 Å². The minimum Gasteiger partial charge on any atom is -0.311 e. The van der Waals surface area contributed by atoms with Crippen molar-refractivity contribution in [2.75, 3.05) is 5.32 Å². The highest BCUT2D eigenvalue weighted by Gasteiger charge is 2.09. The highest BCUT2D eigenvalue weighted by molar-refractivity contribution is 6.02. The van der Waals surface area contributed by atoms with Gasteiger partial charge in [-0.3, -0.25) is 14.4 Å². The molecule has 0 unspecified atom stereocenters. The van der Waals surface area contributed by atoms with Gasteiger partial charge in [-0.15, -0.1) is 0 Å². The third-order valence-electron chi connectivity index (χ3n) is 2.01. The monoisotopic (exact) mass is 247 g/mol. The van der Waals surface area contributed by atoms with Gasteiger partial charge < -0.3 is 10.3 Å². The van der Waals surface area contributed by atoms with Crippen LogP contribution >= 0.6 is 0 Å². The van der Waals surface area contributed by atoms with Crippen LogP contribution in [0.4, 0.5) is 5.82 Å². The van der Waals surface area contributed by atoms with Gasteiger partial charge in [0.05, 0.1) is 0 Å². The van der Waals surface area contributed by atoms with E-state index in [0.29, 0.717) is 5.82 Å². The first kappa shape index (κ1) is 11.7. The molecule has 2 aromatic heterocycles. The lowest BCUT2D eigenvalue weighted by atomic mass is 10.3. The molecule has 92 valence electrons. The molecule has 0 aromatic carbocycles. The van der Waals surface area contributed by atoms with Crippen molar-refractivity contribution >= 4 is 11.7 Å². The Bertz CT molecular complexity index is 683. The maximum Gasteiger partial charge on any atom is 0.277 e. The van der Waals surface area contributed by atoms with Crippen LogP contribution in [0.3, 0.4) is 0 Å². The molecule has 2 heterocycles. The van der Waals surface area contributed by atoms with E-state index < -0.39 is 11.5 Å². The first-order chi connectivity index (χ1) is 8.54. The molecule has 2 rings (SSSR count). The Morgan fingerprint density at radius 1 is 1.28 bits per heavy atom. The number of nitrogens with one attached hydrogen (secondary N) is 3. The first-order valence-electron chi connectivity index (χ1n) is 4.99. The Kier molecular flexibility index (Phi) is 3.00. The van der Waals surface area contributed by atoms with E-state index in [0.717, 1.165) is 6.07 Å². The van der Waals surface area contributed by atoms with E-state index in [1.54, 1.807) is 6.92 Å². The minimum atomic E-state index is -0.566. The van der Waals surface area contributed by atoms with Gasteiger partial charge in [0.15, 0.2) is 0 Å². The molecule has 0 aliphatic heterocycles. The van der Waals surface area contributed by atoms with Crippen LogP contribution in [-0.2, 0) is 0 Å².